The molecule has 14 heteroatoms. The molecule has 0 saturated carbocycles. The maximum atomic E-state index is 13.3. The lowest BCUT2D eigenvalue weighted by Crippen LogP contribution is -2.41. The van der Waals surface area contributed by atoms with E-state index >= 15 is 0 Å². The maximum absolute atomic E-state index is 13.3. The molecule has 2 fully saturated rings. The summed E-state index contributed by atoms with van der Waals surface area (Å²) in [5, 5.41) is 0. The van der Waals surface area contributed by atoms with Crippen molar-refractivity contribution >= 4 is 63.7 Å². The molecule has 0 bridgehead atoms. The molecule has 2 saturated heterocycles. The van der Waals surface area contributed by atoms with Crippen LogP contribution in [0, 0.1) is 0 Å². The largest absolute Gasteiger partial charge is 0.494 e. The van der Waals surface area contributed by atoms with Crippen LogP contribution >= 0.6 is 0 Å². The minimum Gasteiger partial charge on any atom is -0.423 e. The predicted molar refractivity (Wildman–Crippen MR) is 223 cm³/mol. The number of hydrogen-bond acceptors (Lipinski definition) is 10. The van der Waals surface area contributed by atoms with E-state index in [-0.39, 0.29) is 0 Å². The average molecular weight is 748 g/mol. The normalized spacial score (nSPS) is 17.8. The Bertz CT molecular complexity index is 2120. The van der Waals surface area contributed by atoms with Crippen LogP contribution in [0.15, 0.2) is 97.3 Å². The molecule has 56 heavy (non-hydrogen) atoms. The zero-order valence-corrected chi connectivity index (χ0v) is 33.6. The first-order chi connectivity index (χ1) is 26.3. The quantitative estimate of drug-likeness (QED) is 0.133. The van der Waals surface area contributed by atoms with Crippen LogP contribution in [-0.4, -0.2) is 74.2 Å². The van der Waals surface area contributed by atoms with E-state index in [0.717, 1.165) is 33.0 Å². The smallest absolute Gasteiger partial charge is 0.423 e. The standard InChI is InChI=1S/C42H44B4N2O8/c1-39(2)40(3,4)54-45(53-39)31-19-27(17-29(43)21-31)37(49)51-33-13-9-25(10-14-33)35-23-36(48-24-47-35)26-11-15-34(16-12-26)52-38(50)28-18-30(44)22-32(20-28)46-55-41(5,6)42(7,8)56-46/h9-24H,43-44H2,1-8H3. The Labute approximate surface area is 330 Å². The number of ether oxygens (including phenoxy) is 2. The minimum absolute atomic E-state index is 0.395. The summed E-state index contributed by atoms with van der Waals surface area (Å²) in [7, 11) is 2.66. The third-order valence-electron chi connectivity index (χ3n) is 11.1. The van der Waals surface area contributed by atoms with Gasteiger partial charge in [0, 0.05) is 11.1 Å². The fourth-order valence-electron chi connectivity index (χ4n) is 6.48. The Morgan fingerprint density at radius 2 is 0.857 bits per heavy atom. The van der Waals surface area contributed by atoms with Crippen molar-refractivity contribution in [1.82, 2.24) is 9.97 Å². The first-order valence-electron chi connectivity index (χ1n) is 18.7. The lowest BCUT2D eigenvalue weighted by molar-refractivity contribution is 0.00578. The minimum atomic E-state index is -0.591. The Kier molecular flexibility index (Phi) is 10.2. The van der Waals surface area contributed by atoms with Crippen LogP contribution in [0.1, 0.15) is 76.1 Å². The summed E-state index contributed by atoms with van der Waals surface area (Å²) in [5.74, 6) is -0.177. The van der Waals surface area contributed by atoms with Gasteiger partial charge in [0.2, 0.25) is 0 Å². The van der Waals surface area contributed by atoms with Crippen molar-refractivity contribution in [2.75, 3.05) is 0 Å². The van der Waals surface area contributed by atoms with Gasteiger partial charge in [0.25, 0.3) is 0 Å². The number of carbonyl (C=O) groups excluding carboxylic acids is 2. The highest BCUT2D eigenvalue weighted by Gasteiger charge is 2.53. The van der Waals surface area contributed by atoms with Gasteiger partial charge in [-0.2, -0.15) is 0 Å². The van der Waals surface area contributed by atoms with Gasteiger partial charge in [-0.05, 0) is 133 Å². The van der Waals surface area contributed by atoms with Crippen molar-refractivity contribution in [2.45, 2.75) is 77.8 Å². The van der Waals surface area contributed by atoms with Crippen LogP contribution in [0.2, 0.25) is 0 Å². The van der Waals surface area contributed by atoms with E-state index in [0.29, 0.717) is 34.0 Å². The third kappa shape index (κ3) is 7.97. The molecule has 0 atom stereocenters. The number of rotatable bonds is 8. The SMILES string of the molecule is Bc1cc(B2OC(C)(C)C(C)(C)O2)cc(C(=O)Oc2ccc(-c3cc(-c4ccc(OC(=O)c5cc(B)cc(B6OC(C)(C)C(C)(C)O6)c5)cc4)ncn3)cc2)c1. The molecule has 0 unspecified atom stereocenters. The predicted octanol–water partition coefficient (Wildman–Crippen LogP) is 3.36. The summed E-state index contributed by atoms with van der Waals surface area (Å²) in [5.41, 5.74) is 5.13. The second-order valence-electron chi connectivity index (χ2n) is 16.6. The van der Waals surface area contributed by atoms with Crippen molar-refractivity contribution in [3.8, 4) is 34.0 Å². The molecule has 7 rings (SSSR count). The van der Waals surface area contributed by atoms with Crippen molar-refractivity contribution < 1.29 is 37.7 Å². The summed E-state index contributed by atoms with van der Waals surface area (Å²) in [6, 6.07) is 27.2. The number of nitrogens with zero attached hydrogens (tertiary/aromatic N) is 2. The van der Waals surface area contributed by atoms with Gasteiger partial charge in [0.05, 0.1) is 44.9 Å². The van der Waals surface area contributed by atoms with Crippen molar-refractivity contribution in [1.29, 1.82) is 0 Å². The summed E-state index contributed by atoms with van der Waals surface area (Å²) >= 11 is 0. The molecule has 0 amide bonds. The fourth-order valence-corrected chi connectivity index (χ4v) is 6.48. The molecule has 3 heterocycles. The third-order valence-corrected chi connectivity index (χ3v) is 11.1. The number of esters is 2. The van der Waals surface area contributed by atoms with E-state index in [1.165, 1.54) is 6.33 Å². The summed E-state index contributed by atoms with van der Waals surface area (Å²) < 4.78 is 36.3. The van der Waals surface area contributed by atoms with Crippen LogP contribution in [0.3, 0.4) is 0 Å². The van der Waals surface area contributed by atoms with Crippen LogP contribution in [-0.2, 0) is 18.6 Å². The molecule has 2 aliphatic heterocycles. The lowest BCUT2D eigenvalue weighted by atomic mass is 9.75. The maximum Gasteiger partial charge on any atom is 0.494 e. The van der Waals surface area contributed by atoms with Gasteiger partial charge in [0.15, 0.2) is 0 Å². The zero-order chi connectivity index (χ0) is 40.2. The average Bonchev–Trinajstić information content (AvgIpc) is 3.51. The van der Waals surface area contributed by atoms with Gasteiger partial charge < -0.3 is 28.1 Å². The van der Waals surface area contributed by atoms with Gasteiger partial charge in [-0.1, -0.05) is 35.2 Å². The van der Waals surface area contributed by atoms with Gasteiger partial charge in [-0.15, -0.1) is 0 Å². The molecule has 0 radical (unpaired) electrons. The van der Waals surface area contributed by atoms with Gasteiger partial charge in [0.1, 0.15) is 33.5 Å². The first kappa shape index (κ1) is 39.2. The molecule has 2 aliphatic rings. The lowest BCUT2D eigenvalue weighted by Gasteiger charge is -2.32. The van der Waals surface area contributed by atoms with Crippen molar-refractivity contribution in [2.24, 2.45) is 0 Å². The highest BCUT2D eigenvalue weighted by Crippen LogP contribution is 2.37. The van der Waals surface area contributed by atoms with Crippen molar-refractivity contribution in [3.63, 3.8) is 0 Å². The molecule has 0 spiro atoms. The summed E-state index contributed by atoms with van der Waals surface area (Å²) in [6.45, 7) is 16.0. The number of benzene rings is 4. The molecule has 282 valence electrons. The van der Waals surface area contributed by atoms with Crippen LogP contribution in [0.5, 0.6) is 11.5 Å². The Hall–Kier alpha value is -5.00. The molecule has 4 aromatic carbocycles. The number of carbonyl (C=O) groups is 2. The Morgan fingerprint density at radius 1 is 0.518 bits per heavy atom. The zero-order valence-electron chi connectivity index (χ0n) is 33.6. The molecule has 10 nitrogen and oxygen atoms in total. The van der Waals surface area contributed by atoms with E-state index in [9.17, 15) is 9.59 Å². The molecule has 0 aliphatic carbocycles. The summed E-state index contributed by atoms with van der Waals surface area (Å²) in [4.78, 5) is 35.4. The monoisotopic (exact) mass is 748 g/mol. The summed E-state index contributed by atoms with van der Waals surface area (Å²) in [6.07, 6.45) is 1.50. The van der Waals surface area contributed by atoms with E-state index in [1.54, 1.807) is 48.5 Å². The van der Waals surface area contributed by atoms with E-state index in [1.807, 2.05) is 114 Å². The topological polar surface area (TPSA) is 115 Å². The highest BCUT2D eigenvalue weighted by atomic mass is 16.7. The Morgan fingerprint density at radius 3 is 1.20 bits per heavy atom. The molecule has 0 N–H and O–H groups in total. The second kappa shape index (κ2) is 14.5. The molecule has 5 aromatic rings. The van der Waals surface area contributed by atoms with Crippen LogP contribution in [0.25, 0.3) is 22.5 Å². The van der Waals surface area contributed by atoms with Gasteiger partial charge in [-0.3, -0.25) is 0 Å². The Balaban J connectivity index is 0.996. The van der Waals surface area contributed by atoms with Gasteiger partial charge in [-0.25, -0.2) is 19.6 Å². The molecular weight excluding hydrogens is 704 g/mol. The van der Waals surface area contributed by atoms with E-state index in [2.05, 4.69) is 9.97 Å². The number of aromatic nitrogens is 2. The van der Waals surface area contributed by atoms with Crippen molar-refractivity contribution in [3.05, 3.63) is 108 Å². The van der Waals surface area contributed by atoms with Crippen LogP contribution < -0.4 is 31.3 Å². The first-order valence-corrected chi connectivity index (χ1v) is 18.7. The second-order valence-corrected chi connectivity index (χ2v) is 16.6. The molecular formula is C42H44B4N2O8. The van der Waals surface area contributed by atoms with E-state index < -0.39 is 48.6 Å². The van der Waals surface area contributed by atoms with Crippen LogP contribution in [0.4, 0.5) is 0 Å². The van der Waals surface area contributed by atoms with Gasteiger partial charge >= 0.3 is 26.2 Å². The number of hydrogen-bond donors (Lipinski definition) is 0. The fraction of sp³-hybridized carbons (Fsp3) is 0.286. The molecule has 1 aromatic heterocycles. The van der Waals surface area contributed by atoms with E-state index in [4.69, 9.17) is 28.1 Å². The highest BCUT2D eigenvalue weighted by molar-refractivity contribution is 6.63.